The summed E-state index contributed by atoms with van der Waals surface area (Å²) < 4.78 is 120. The Labute approximate surface area is 183 Å². The summed E-state index contributed by atoms with van der Waals surface area (Å²) in [5.74, 6) is -0.674. The van der Waals surface area contributed by atoms with Gasteiger partial charge in [-0.2, -0.15) is 26.3 Å². The third-order valence-electron chi connectivity index (χ3n) is 5.89. The van der Waals surface area contributed by atoms with Crippen molar-refractivity contribution in [2.45, 2.75) is 53.2 Å². The number of benzene rings is 2. The Balaban J connectivity index is 2.18. The molecule has 5 nitrogen and oxygen atoms in total. The van der Waals surface area contributed by atoms with Crippen molar-refractivity contribution in [3.63, 3.8) is 0 Å². The third kappa shape index (κ3) is 3.82. The molecule has 1 aliphatic carbocycles. The highest BCUT2D eigenvalue weighted by atomic mass is 32.2. The molecule has 1 aliphatic rings. The normalized spacial score (nSPS) is 16.9. The maximum absolute atomic E-state index is 13.6. The van der Waals surface area contributed by atoms with Crippen LogP contribution in [0, 0.1) is 5.82 Å². The van der Waals surface area contributed by atoms with Crippen LogP contribution in [0.2, 0.25) is 0 Å². The molecule has 0 aromatic heterocycles. The number of nitrogens with zero attached hydrogens (tertiary/aromatic N) is 3. The zero-order valence-corrected chi connectivity index (χ0v) is 17.5. The van der Waals surface area contributed by atoms with Gasteiger partial charge in [0.1, 0.15) is 10.6 Å². The molecule has 0 unspecified atom stereocenters. The van der Waals surface area contributed by atoms with E-state index in [-0.39, 0.29) is 23.3 Å². The van der Waals surface area contributed by atoms with E-state index in [0.29, 0.717) is 25.0 Å². The summed E-state index contributed by atoms with van der Waals surface area (Å²) in [4.78, 5) is 1.56. The van der Waals surface area contributed by atoms with Crippen LogP contribution in [-0.2, 0) is 20.1 Å². The number of sulfone groups is 1. The molecule has 0 atom stereocenters. The maximum Gasteiger partial charge on any atom is 0.413 e. The van der Waals surface area contributed by atoms with Crippen molar-refractivity contribution in [2.24, 2.45) is 5.11 Å². The first-order chi connectivity index (χ1) is 15.2. The van der Waals surface area contributed by atoms with Crippen LogP contribution < -0.4 is 0 Å². The number of azide groups is 1. The lowest BCUT2D eigenvalue weighted by Gasteiger charge is -2.34. The van der Waals surface area contributed by atoms with Crippen LogP contribution in [0.4, 0.5) is 30.7 Å². The summed E-state index contributed by atoms with van der Waals surface area (Å²) in [6.45, 7) is 0. The second-order valence-corrected chi connectivity index (χ2v) is 9.89. The fourth-order valence-corrected chi connectivity index (χ4v) is 6.46. The minimum Gasteiger partial charge on any atom is -0.223 e. The van der Waals surface area contributed by atoms with Gasteiger partial charge >= 0.3 is 12.4 Å². The fraction of sp³-hybridized carbons (Fsp3) is 0.400. The highest BCUT2D eigenvalue weighted by molar-refractivity contribution is 7.92. The number of halogens is 7. The van der Waals surface area contributed by atoms with Crippen molar-refractivity contribution in [3.8, 4) is 0 Å². The number of hydrogen-bond acceptors (Lipinski definition) is 3. The van der Waals surface area contributed by atoms with Crippen LogP contribution in [0.15, 0.2) is 58.5 Å². The molecular formula is C20H16F7N3O2S. The van der Waals surface area contributed by atoms with Crippen molar-refractivity contribution < 1.29 is 39.2 Å². The van der Waals surface area contributed by atoms with E-state index in [2.05, 4.69) is 5.11 Å². The van der Waals surface area contributed by atoms with Crippen molar-refractivity contribution in [3.05, 3.63) is 75.9 Å². The number of rotatable bonds is 5. The van der Waals surface area contributed by atoms with Crippen LogP contribution >= 0.6 is 0 Å². The Kier molecular flexibility index (Phi) is 6.18. The quantitative estimate of drug-likeness (QED) is 0.152. The summed E-state index contributed by atoms with van der Waals surface area (Å²) >= 11 is 0. The Hall–Kier alpha value is -2.79. The van der Waals surface area contributed by atoms with Gasteiger partial charge in [-0.15, -0.1) is 0 Å². The van der Waals surface area contributed by atoms with Gasteiger partial charge in [0.25, 0.3) is 5.54 Å². The van der Waals surface area contributed by atoms with Gasteiger partial charge in [-0.1, -0.05) is 42.2 Å². The Bertz CT molecular complexity index is 1150. The van der Waals surface area contributed by atoms with E-state index in [1.165, 1.54) is 0 Å². The van der Waals surface area contributed by atoms with Crippen molar-refractivity contribution >= 4 is 9.84 Å². The van der Waals surface area contributed by atoms with Crippen LogP contribution in [-0.4, -0.2) is 20.8 Å². The molecule has 0 saturated heterocycles. The lowest BCUT2D eigenvalue weighted by Crippen LogP contribution is -2.52. The van der Waals surface area contributed by atoms with Crippen LogP contribution in [0.3, 0.4) is 0 Å². The Morgan fingerprint density at radius 1 is 0.848 bits per heavy atom. The van der Waals surface area contributed by atoms with Crippen molar-refractivity contribution in [1.82, 2.24) is 0 Å². The molecule has 3 rings (SSSR count). The van der Waals surface area contributed by atoms with Crippen LogP contribution in [0.25, 0.3) is 10.4 Å². The van der Waals surface area contributed by atoms with Gasteiger partial charge in [-0.25, -0.2) is 12.8 Å². The smallest absolute Gasteiger partial charge is 0.223 e. The van der Waals surface area contributed by atoms with Gasteiger partial charge in [0.2, 0.25) is 0 Å². The summed E-state index contributed by atoms with van der Waals surface area (Å²) in [6, 6.07) is 6.70. The van der Waals surface area contributed by atoms with E-state index in [0.717, 1.165) is 36.4 Å². The van der Waals surface area contributed by atoms with Gasteiger partial charge in [-0.3, -0.25) is 0 Å². The van der Waals surface area contributed by atoms with E-state index in [4.69, 9.17) is 5.53 Å². The van der Waals surface area contributed by atoms with Gasteiger partial charge in [0.05, 0.1) is 4.90 Å². The topological polar surface area (TPSA) is 82.9 Å². The first-order valence-corrected chi connectivity index (χ1v) is 11.0. The van der Waals surface area contributed by atoms with E-state index in [1.807, 2.05) is 0 Å². The summed E-state index contributed by atoms with van der Waals surface area (Å²) in [5, 5.41) is 2.09. The fourth-order valence-electron chi connectivity index (χ4n) is 4.24. The zero-order valence-electron chi connectivity index (χ0n) is 16.7. The SMILES string of the molecule is [N-]=[N+]=NC(c1ccc(C2(S(=O)(=O)c3ccc(F)cc3)CCCC2)cc1)(C(F)(F)F)C(F)(F)F. The molecule has 0 aliphatic heterocycles. The molecule has 2 aromatic rings. The lowest BCUT2D eigenvalue weighted by atomic mass is 9.86. The average Bonchev–Trinajstić information content (AvgIpc) is 3.22. The monoisotopic (exact) mass is 495 g/mol. The molecule has 0 amide bonds. The zero-order chi connectivity index (χ0) is 24.7. The Morgan fingerprint density at radius 3 is 1.76 bits per heavy atom. The lowest BCUT2D eigenvalue weighted by molar-refractivity contribution is -0.301. The highest BCUT2D eigenvalue weighted by Crippen LogP contribution is 2.54. The molecule has 1 fully saturated rings. The van der Waals surface area contributed by atoms with Gasteiger partial charge < -0.3 is 0 Å². The van der Waals surface area contributed by atoms with Crippen molar-refractivity contribution in [2.75, 3.05) is 0 Å². The molecule has 0 N–H and O–H groups in total. The average molecular weight is 495 g/mol. The van der Waals surface area contributed by atoms with Crippen LogP contribution in [0.1, 0.15) is 36.8 Å². The van der Waals surface area contributed by atoms with Gasteiger partial charge in [0.15, 0.2) is 9.84 Å². The highest BCUT2D eigenvalue weighted by Gasteiger charge is 2.72. The molecule has 1 saturated carbocycles. The second kappa shape index (κ2) is 8.21. The predicted molar refractivity (Wildman–Crippen MR) is 103 cm³/mol. The molecular weight excluding hydrogens is 479 g/mol. The van der Waals surface area contributed by atoms with Crippen molar-refractivity contribution in [1.29, 1.82) is 0 Å². The molecule has 0 spiro atoms. The molecule has 178 valence electrons. The van der Waals surface area contributed by atoms with Gasteiger partial charge in [0, 0.05) is 4.91 Å². The third-order valence-corrected chi connectivity index (χ3v) is 8.46. The molecule has 33 heavy (non-hydrogen) atoms. The molecule has 2 aromatic carbocycles. The van der Waals surface area contributed by atoms with Crippen LogP contribution in [0.5, 0.6) is 0 Å². The maximum atomic E-state index is 13.6. The summed E-state index contributed by atoms with van der Waals surface area (Å²) in [5.41, 5.74) is 2.22. The van der Waals surface area contributed by atoms with E-state index < -0.39 is 43.9 Å². The Morgan fingerprint density at radius 2 is 1.33 bits per heavy atom. The summed E-state index contributed by atoms with van der Waals surface area (Å²) in [7, 11) is -4.18. The predicted octanol–water partition coefficient (Wildman–Crippen LogP) is 6.70. The summed E-state index contributed by atoms with van der Waals surface area (Å²) in [6.07, 6.45) is -11.0. The van der Waals surface area contributed by atoms with E-state index in [1.54, 1.807) is 4.91 Å². The molecule has 0 heterocycles. The molecule has 13 heteroatoms. The van der Waals surface area contributed by atoms with E-state index >= 15 is 0 Å². The first kappa shape index (κ1) is 24.8. The minimum absolute atomic E-state index is 0.00717. The number of alkyl halides is 6. The largest absolute Gasteiger partial charge is 0.413 e. The second-order valence-electron chi connectivity index (χ2n) is 7.63. The standard InChI is InChI=1S/C20H16F7N3O2S/c21-15-7-9-16(10-8-15)33(31,32)17(11-1-2-12-17)13-3-5-14(6-4-13)18(29-30-28,19(22,23)24)20(25,26)27/h3-10H,1-2,11-12H2. The van der Waals surface area contributed by atoms with Gasteiger partial charge in [-0.05, 0) is 53.8 Å². The molecule has 0 bridgehead atoms. The molecule has 0 radical (unpaired) electrons. The number of hydrogen-bond donors (Lipinski definition) is 0. The first-order valence-electron chi connectivity index (χ1n) is 9.54. The van der Waals surface area contributed by atoms with E-state index in [9.17, 15) is 39.2 Å². The minimum atomic E-state index is -6.01.